The Labute approximate surface area is 139 Å². The van der Waals surface area contributed by atoms with Gasteiger partial charge in [0, 0.05) is 11.8 Å². The smallest absolute Gasteiger partial charge is 0.254 e. The van der Waals surface area contributed by atoms with Crippen LogP contribution in [0, 0.1) is 0 Å². The fraction of sp³-hybridized carbons (Fsp3) is 0.267. The molecular weight excluding hydrogens is 372 g/mol. The summed E-state index contributed by atoms with van der Waals surface area (Å²) in [6.45, 7) is 1.27. The van der Waals surface area contributed by atoms with E-state index in [2.05, 4.69) is 4.98 Å². The maximum Gasteiger partial charge on any atom is 0.418 e. The van der Waals surface area contributed by atoms with Gasteiger partial charge in [-0.3, -0.25) is 4.98 Å². The average molecular weight is 383 g/mol. The molecule has 0 fully saturated rings. The second-order valence-electron chi connectivity index (χ2n) is 5.04. The first-order valence-electron chi connectivity index (χ1n) is 6.84. The molecule has 3 nitrogen and oxygen atoms in total. The minimum atomic E-state index is -4.93. The molecule has 2 aromatic rings. The molecule has 0 saturated carbocycles. The number of pyridine rings is 1. The van der Waals surface area contributed by atoms with Crippen molar-refractivity contribution < 1.29 is 34.8 Å². The molecule has 2 rings (SSSR count). The molecule has 1 aromatic carbocycles. The average Bonchev–Trinajstić information content (AvgIpc) is 2.53. The molecule has 0 aliphatic heterocycles. The lowest BCUT2D eigenvalue weighted by Gasteiger charge is -2.14. The van der Waals surface area contributed by atoms with Crippen LogP contribution in [0.3, 0.4) is 0 Å². The van der Waals surface area contributed by atoms with Crippen molar-refractivity contribution in [1.29, 1.82) is 0 Å². The van der Waals surface area contributed by atoms with Crippen molar-refractivity contribution >= 4 is 9.84 Å². The molecule has 0 unspecified atom stereocenters. The first-order chi connectivity index (χ1) is 11.4. The van der Waals surface area contributed by atoms with Crippen LogP contribution in [0.1, 0.15) is 18.1 Å². The third kappa shape index (κ3) is 4.12. The van der Waals surface area contributed by atoms with E-state index < -0.39 is 49.7 Å². The van der Waals surface area contributed by atoms with Crippen molar-refractivity contribution in [1.82, 2.24) is 4.98 Å². The van der Waals surface area contributed by atoms with Gasteiger partial charge in [0.2, 0.25) is 0 Å². The number of aromatic nitrogens is 1. The summed E-state index contributed by atoms with van der Waals surface area (Å²) in [6, 6.07) is 3.42. The molecule has 1 aromatic heterocycles. The number of halogens is 6. The molecule has 0 spiro atoms. The number of rotatable bonds is 3. The normalized spacial score (nSPS) is 13.1. The fourth-order valence-electron chi connectivity index (χ4n) is 2.05. The van der Waals surface area contributed by atoms with Crippen molar-refractivity contribution in [2.45, 2.75) is 24.2 Å². The third-order valence-corrected chi connectivity index (χ3v) is 5.09. The number of nitrogens with zero attached hydrogens (tertiary/aromatic N) is 1. The minimum Gasteiger partial charge on any atom is -0.254 e. The van der Waals surface area contributed by atoms with Gasteiger partial charge in [0.25, 0.3) is 0 Å². The summed E-state index contributed by atoms with van der Waals surface area (Å²) >= 11 is 0. The minimum absolute atomic E-state index is 0.208. The van der Waals surface area contributed by atoms with Gasteiger partial charge in [-0.15, -0.1) is 0 Å². The van der Waals surface area contributed by atoms with Gasteiger partial charge in [-0.05, 0) is 18.2 Å². The molecule has 1 heterocycles. The monoisotopic (exact) mass is 383 g/mol. The molecular formula is C15H11F6NO2S. The standard InChI is InChI=1S/C15H11F6NO2S/c1-2-25(23,24)11-7-12(15(19,20)21)13(22-8-11)9-3-5-10(6-4-9)14(16,17)18/h3-8H,2H2,1H3. The molecule has 0 bridgehead atoms. The Kier molecular flexibility index (Phi) is 4.86. The summed E-state index contributed by atoms with van der Waals surface area (Å²) in [5.41, 5.74) is -3.20. The number of hydrogen-bond acceptors (Lipinski definition) is 3. The Morgan fingerprint density at radius 2 is 1.52 bits per heavy atom. The van der Waals surface area contributed by atoms with Crippen molar-refractivity contribution in [2.24, 2.45) is 0 Å². The van der Waals surface area contributed by atoms with E-state index in [9.17, 15) is 34.8 Å². The van der Waals surface area contributed by atoms with Crippen LogP contribution in [-0.2, 0) is 22.2 Å². The number of hydrogen-bond donors (Lipinski definition) is 0. The van der Waals surface area contributed by atoms with Gasteiger partial charge in [0.1, 0.15) is 0 Å². The van der Waals surface area contributed by atoms with E-state index in [0.29, 0.717) is 18.2 Å². The van der Waals surface area contributed by atoms with E-state index in [1.165, 1.54) is 6.92 Å². The summed E-state index contributed by atoms with van der Waals surface area (Å²) in [5, 5.41) is 0. The second-order valence-corrected chi connectivity index (χ2v) is 7.32. The molecule has 25 heavy (non-hydrogen) atoms. The van der Waals surface area contributed by atoms with Crippen molar-refractivity contribution in [2.75, 3.05) is 5.75 Å². The summed E-state index contributed by atoms with van der Waals surface area (Å²) in [6.07, 6.45) is -8.79. The zero-order valence-corrected chi connectivity index (χ0v) is 13.4. The lowest BCUT2D eigenvalue weighted by atomic mass is 10.0. The van der Waals surface area contributed by atoms with Crippen LogP contribution >= 0.6 is 0 Å². The van der Waals surface area contributed by atoms with Crippen LogP contribution in [0.2, 0.25) is 0 Å². The van der Waals surface area contributed by atoms with E-state index >= 15 is 0 Å². The molecule has 136 valence electrons. The maximum atomic E-state index is 13.3. The Hall–Kier alpha value is -2.10. The second kappa shape index (κ2) is 6.32. The van der Waals surface area contributed by atoms with Crippen LogP contribution in [0.25, 0.3) is 11.3 Å². The molecule has 0 saturated heterocycles. The van der Waals surface area contributed by atoms with Crippen LogP contribution < -0.4 is 0 Å². The highest BCUT2D eigenvalue weighted by atomic mass is 32.2. The molecule has 0 amide bonds. The lowest BCUT2D eigenvalue weighted by Crippen LogP contribution is -2.12. The van der Waals surface area contributed by atoms with Gasteiger partial charge >= 0.3 is 12.4 Å². The van der Waals surface area contributed by atoms with Gasteiger partial charge in [0.05, 0.1) is 27.5 Å². The van der Waals surface area contributed by atoms with Crippen molar-refractivity contribution in [3.05, 3.63) is 47.7 Å². The van der Waals surface area contributed by atoms with Crippen molar-refractivity contribution in [3.8, 4) is 11.3 Å². The summed E-state index contributed by atoms with van der Waals surface area (Å²) in [5.74, 6) is -0.411. The molecule has 0 atom stereocenters. The Bertz CT molecular complexity index is 870. The Morgan fingerprint density at radius 3 is 1.96 bits per heavy atom. The zero-order valence-electron chi connectivity index (χ0n) is 12.6. The van der Waals surface area contributed by atoms with Gasteiger partial charge < -0.3 is 0 Å². The van der Waals surface area contributed by atoms with E-state index in [1.807, 2.05) is 0 Å². The lowest BCUT2D eigenvalue weighted by molar-refractivity contribution is -0.138. The summed E-state index contributed by atoms with van der Waals surface area (Å²) in [4.78, 5) is 2.94. The van der Waals surface area contributed by atoms with Crippen LogP contribution in [0.15, 0.2) is 41.4 Å². The summed E-state index contributed by atoms with van der Waals surface area (Å²) in [7, 11) is -3.92. The van der Waals surface area contributed by atoms with Gasteiger partial charge in [0.15, 0.2) is 9.84 Å². The highest BCUT2D eigenvalue weighted by molar-refractivity contribution is 7.91. The Morgan fingerprint density at radius 1 is 0.960 bits per heavy atom. The van der Waals surface area contributed by atoms with Crippen LogP contribution in [0.4, 0.5) is 26.3 Å². The van der Waals surface area contributed by atoms with Crippen molar-refractivity contribution in [3.63, 3.8) is 0 Å². The SMILES string of the molecule is CCS(=O)(=O)c1cnc(-c2ccc(C(F)(F)F)cc2)c(C(F)(F)F)c1. The molecule has 0 aliphatic rings. The van der Waals surface area contributed by atoms with E-state index in [-0.39, 0.29) is 5.56 Å². The van der Waals surface area contributed by atoms with Crippen LogP contribution in [-0.4, -0.2) is 19.2 Å². The summed E-state index contributed by atoms with van der Waals surface area (Å²) < 4.78 is 101. The van der Waals surface area contributed by atoms with Gasteiger partial charge in [-0.25, -0.2) is 8.42 Å². The van der Waals surface area contributed by atoms with E-state index in [1.54, 1.807) is 0 Å². The fourth-order valence-corrected chi connectivity index (χ4v) is 2.89. The highest BCUT2D eigenvalue weighted by Crippen LogP contribution is 2.38. The first kappa shape index (κ1) is 19.2. The maximum absolute atomic E-state index is 13.3. The van der Waals surface area contributed by atoms with Crippen LogP contribution in [0.5, 0.6) is 0 Å². The van der Waals surface area contributed by atoms with Gasteiger partial charge in [-0.1, -0.05) is 19.1 Å². The third-order valence-electron chi connectivity index (χ3n) is 3.39. The predicted octanol–water partition coefficient (Wildman–Crippen LogP) is 4.58. The number of alkyl halides is 6. The number of benzene rings is 1. The predicted molar refractivity (Wildman–Crippen MR) is 77.4 cm³/mol. The zero-order chi connectivity index (χ0) is 19.0. The molecule has 10 heteroatoms. The topological polar surface area (TPSA) is 47.0 Å². The molecule has 0 aliphatic carbocycles. The highest BCUT2D eigenvalue weighted by Gasteiger charge is 2.36. The molecule has 0 N–H and O–H groups in total. The van der Waals surface area contributed by atoms with E-state index in [4.69, 9.17) is 0 Å². The first-order valence-corrected chi connectivity index (χ1v) is 8.49. The quantitative estimate of drug-likeness (QED) is 0.729. The molecule has 0 radical (unpaired) electrons. The van der Waals surface area contributed by atoms with Gasteiger partial charge in [-0.2, -0.15) is 26.3 Å². The Balaban J connectivity index is 2.62. The largest absolute Gasteiger partial charge is 0.418 e. The number of sulfone groups is 1. The van der Waals surface area contributed by atoms with E-state index in [0.717, 1.165) is 18.3 Å².